The molecule has 0 atom stereocenters. The summed E-state index contributed by atoms with van der Waals surface area (Å²) in [5.74, 6) is -0.345. The van der Waals surface area contributed by atoms with E-state index in [1.807, 2.05) is 38.3 Å². The largest absolute Gasteiger partial charge is 0.322 e. The summed E-state index contributed by atoms with van der Waals surface area (Å²) >= 11 is 2.73. The van der Waals surface area contributed by atoms with E-state index in [1.165, 1.54) is 28.2 Å². The Hall–Kier alpha value is -3.03. The summed E-state index contributed by atoms with van der Waals surface area (Å²) in [6.45, 7) is 6.02. The molecule has 0 unspecified atom stereocenters. The number of fused-ring (bicyclic) bond motifs is 1. The monoisotopic (exact) mass is 421 g/mol. The first kappa shape index (κ1) is 19.3. The second kappa shape index (κ2) is 7.77. The van der Waals surface area contributed by atoms with Crippen LogP contribution in [-0.2, 0) is 0 Å². The average molecular weight is 422 g/mol. The van der Waals surface area contributed by atoms with Gasteiger partial charge in [0.05, 0.1) is 15.1 Å². The SMILES string of the molecule is Cc1cc(C)c(NC(=O)c2ccc3nc(NC(=O)c4cccs4)sc3c2)c(C)c1. The predicted molar refractivity (Wildman–Crippen MR) is 120 cm³/mol. The van der Waals surface area contributed by atoms with Gasteiger partial charge in [-0.25, -0.2) is 4.98 Å². The quantitative estimate of drug-likeness (QED) is 0.438. The van der Waals surface area contributed by atoms with Crippen molar-refractivity contribution >= 4 is 55.5 Å². The molecule has 2 amide bonds. The highest BCUT2D eigenvalue weighted by atomic mass is 32.1. The summed E-state index contributed by atoms with van der Waals surface area (Å²) in [4.78, 5) is 30.1. The molecule has 0 bridgehead atoms. The topological polar surface area (TPSA) is 71.1 Å². The Bertz CT molecular complexity index is 1200. The lowest BCUT2D eigenvalue weighted by molar-refractivity contribution is 0.102. The van der Waals surface area contributed by atoms with Crippen molar-refractivity contribution in [2.45, 2.75) is 20.8 Å². The Morgan fingerprint density at radius 2 is 1.69 bits per heavy atom. The van der Waals surface area contributed by atoms with Gasteiger partial charge in [0.25, 0.3) is 11.8 Å². The van der Waals surface area contributed by atoms with E-state index in [0.717, 1.165) is 27.0 Å². The van der Waals surface area contributed by atoms with Crippen LogP contribution >= 0.6 is 22.7 Å². The van der Waals surface area contributed by atoms with Gasteiger partial charge in [0.15, 0.2) is 5.13 Å². The van der Waals surface area contributed by atoms with E-state index in [2.05, 4.69) is 27.8 Å². The first-order chi connectivity index (χ1) is 13.9. The minimum absolute atomic E-state index is 0.167. The fourth-order valence-electron chi connectivity index (χ4n) is 3.25. The Kier molecular flexibility index (Phi) is 5.17. The molecule has 2 heterocycles. The number of anilines is 2. The van der Waals surface area contributed by atoms with E-state index in [1.54, 1.807) is 18.2 Å². The minimum atomic E-state index is -0.178. The van der Waals surface area contributed by atoms with Crippen LogP contribution in [0.5, 0.6) is 0 Å². The van der Waals surface area contributed by atoms with Crippen LogP contribution < -0.4 is 10.6 Å². The summed E-state index contributed by atoms with van der Waals surface area (Å²) in [6, 6.07) is 13.1. The van der Waals surface area contributed by atoms with Crippen LogP contribution in [0.25, 0.3) is 10.2 Å². The van der Waals surface area contributed by atoms with Gasteiger partial charge in [0.1, 0.15) is 0 Å². The third-order valence-corrected chi connectivity index (χ3v) is 6.33. The molecule has 0 aliphatic rings. The molecule has 0 aliphatic heterocycles. The normalized spacial score (nSPS) is 10.9. The number of amides is 2. The summed E-state index contributed by atoms with van der Waals surface area (Å²) in [5, 5.41) is 8.21. The molecule has 0 fully saturated rings. The van der Waals surface area contributed by atoms with Gasteiger partial charge in [-0.2, -0.15) is 0 Å². The number of carbonyl (C=O) groups is 2. The summed E-state index contributed by atoms with van der Waals surface area (Å²) in [5.41, 5.74) is 5.38. The van der Waals surface area contributed by atoms with Gasteiger partial charge < -0.3 is 5.32 Å². The fourth-order valence-corrected chi connectivity index (χ4v) is 4.77. The molecule has 146 valence electrons. The maximum Gasteiger partial charge on any atom is 0.267 e. The van der Waals surface area contributed by atoms with E-state index >= 15 is 0 Å². The molecule has 2 N–H and O–H groups in total. The van der Waals surface area contributed by atoms with Crippen molar-refractivity contribution in [3.63, 3.8) is 0 Å². The van der Waals surface area contributed by atoms with E-state index in [4.69, 9.17) is 0 Å². The zero-order valence-corrected chi connectivity index (χ0v) is 17.8. The molecule has 0 saturated heterocycles. The number of rotatable bonds is 4. The molecular formula is C22H19N3O2S2. The number of nitrogens with one attached hydrogen (secondary N) is 2. The number of aromatic nitrogens is 1. The lowest BCUT2D eigenvalue weighted by Crippen LogP contribution is -2.13. The first-order valence-corrected chi connectivity index (χ1v) is 10.7. The molecule has 4 aromatic rings. The Morgan fingerprint density at radius 3 is 2.38 bits per heavy atom. The maximum absolute atomic E-state index is 12.8. The molecule has 5 nitrogen and oxygen atoms in total. The predicted octanol–water partition coefficient (Wildman–Crippen LogP) is 5.79. The Labute approximate surface area is 176 Å². The van der Waals surface area contributed by atoms with Crippen molar-refractivity contribution in [2.75, 3.05) is 10.6 Å². The molecule has 29 heavy (non-hydrogen) atoms. The Balaban J connectivity index is 1.56. The molecule has 0 radical (unpaired) electrons. The molecule has 7 heteroatoms. The lowest BCUT2D eigenvalue weighted by atomic mass is 10.0. The molecule has 2 aromatic carbocycles. The van der Waals surface area contributed by atoms with Crippen LogP contribution in [0, 0.1) is 20.8 Å². The molecule has 0 saturated carbocycles. The van der Waals surface area contributed by atoms with Gasteiger partial charge in [0, 0.05) is 11.3 Å². The maximum atomic E-state index is 12.8. The van der Waals surface area contributed by atoms with Crippen LogP contribution in [0.3, 0.4) is 0 Å². The third kappa shape index (κ3) is 4.06. The van der Waals surface area contributed by atoms with Crippen LogP contribution in [0.1, 0.15) is 36.7 Å². The molecule has 0 aliphatic carbocycles. The van der Waals surface area contributed by atoms with Gasteiger partial charge in [-0.15, -0.1) is 11.3 Å². The molecular weight excluding hydrogens is 402 g/mol. The highest BCUT2D eigenvalue weighted by molar-refractivity contribution is 7.22. The van der Waals surface area contributed by atoms with Crippen molar-refractivity contribution in [3.05, 3.63) is 75.0 Å². The van der Waals surface area contributed by atoms with E-state index in [9.17, 15) is 9.59 Å². The van der Waals surface area contributed by atoms with Gasteiger partial charge in [0.2, 0.25) is 0 Å². The lowest BCUT2D eigenvalue weighted by Gasteiger charge is -2.12. The number of carbonyl (C=O) groups excluding carboxylic acids is 2. The number of thiazole rings is 1. The van der Waals surface area contributed by atoms with Gasteiger partial charge in [-0.05, 0) is 61.5 Å². The van der Waals surface area contributed by atoms with Crippen LogP contribution in [0.15, 0.2) is 47.8 Å². The van der Waals surface area contributed by atoms with Crippen molar-refractivity contribution in [2.24, 2.45) is 0 Å². The summed E-state index contributed by atoms with van der Waals surface area (Å²) < 4.78 is 0.844. The van der Waals surface area contributed by atoms with Crippen LogP contribution in [0.2, 0.25) is 0 Å². The number of hydrogen-bond acceptors (Lipinski definition) is 5. The van der Waals surface area contributed by atoms with Crippen molar-refractivity contribution in [1.82, 2.24) is 4.98 Å². The smallest absolute Gasteiger partial charge is 0.267 e. The van der Waals surface area contributed by atoms with Gasteiger partial charge in [-0.1, -0.05) is 35.1 Å². The number of aryl methyl sites for hydroxylation is 3. The first-order valence-electron chi connectivity index (χ1n) is 9.05. The number of thiophene rings is 1. The van der Waals surface area contributed by atoms with Crippen LogP contribution in [-0.4, -0.2) is 16.8 Å². The van der Waals surface area contributed by atoms with Gasteiger partial charge in [-0.3, -0.25) is 14.9 Å². The number of benzene rings is 2. The van der Waals surface area contributed by atoms with Crippen LogP contribution in [0.4, 0.5) is 10.8 Å². The standard InChI is InChI=1S/C22H19N3O2S2/c1-12-9-13(2)19(14(3)10-12)24-20(26)15-6-7-16-18(11-15)29-22(23-16)25-21(27)17-5-4-8-28-17/h4-11H,1-3H3,(H,24,26)(H,23,25,27). The fraction of sp³-hybridized carbons (Fsp3) is 0.136. The summed E-state index contributed by atoms with van der Waals surface area (Å²) in [7, 11) is 0. The second-order valence-electron chi connectivity index (χ2n) is 6.86. The average Bonchev–Trinajstić information content (AvgIpc) is 3.33. The van der Waals surface area contributed by atoms with Gasteiger partial charge >= 0.3 is 0 Å². The molecule has 4 rings (SSSR count). The number of hydrogen-bond donors (Lipinski definition) is 2. The highest BCUT2D eigenvalue weighted by Gasteiger charge is 2.14. The molecule has 2 aromatic heterocycles. The zero-order chi connectivity index (χ0) is 20.5. The van der Waals surface area contributed by atoms with Crippen molar-refractivity contribution in [3.8, 4) is 0 Å². The zero-order valence-electron chi connectivity index (χ0n) is 16.2. The molecule has 0 spiro atoms. The minimum Gasteiger partial charge on any atom is -0.322 e. The van der Waals surface area contributed by atoms with Crippen molar-refractivity contribution in [1.29, 1.82) is 0 Å². The third-order valence-electron chi connectivity index (χ3n) is 4.53. The second-order valence-corrected chi connectivity index (χ2v) is 8.84. The van der Waals surface area contributed by atoms with E-state index in [0.29, 0.717) is 15.6 Å². The van der Waals surface area contributed by atoms with E-state index in [-0.39, 0.29) is 11.8 Å². The van der Waals surface area contributed by atoms with E-state index < -0.39 is 0 Å². The summed E-state index contributed by atoms with van der Waals surface area (Å²) in [6.07, 6.45) is 0. The Morgan fingerprint density at radius 1 is 0.931 bits per heavy atom. The highest BCUT2D eigenvalue weighted by Crippen LogP contribution is 2.28. The number of nitrogens with zero attached hydrogens (tertiary/aromatic N) is 1. The van der Waals surface area contributed by atoms with Crippen molar-refractivity contribution < 1.29 is 9.59 Å².